The maximum Gasteiger partial charge on any atom is 0.253 e. The molecule has 2 aromatic rings. The molecule has 0 aliphatic carbocycles. The number of carbonyl (C=O) groups is 1. The molecule has 0 saturated heterocycles. The van der Waals surface area contributed by atoms with Gasteiger partial charge in [-0.3, -0.25) is 4.79 Å². The van der Waals surface area contributed by atoms with Crippen molar-refractivity contribution in [2.75, 3.05) is 13.6 Å². The van der Waals surface area contributed by atoms with Crippen molar-refractivity contribution in [2.24, 2.45) is 0 Å². The van der Waals surface area contributed by atoms with E-state index in [-0.39, 0.29) is 11.7 Å². The largest absolute Gasteiger partial charge is 0.341 e. The first-order valence-electron chi connectivity index (χ1n) is 8.54. The molecular weight excluding hydrogens is 313 g/mol. The van der Waals surface area contributed by atoms with E-state index in [0.717, 1.165) is 18.4 Å². The van der Waals surface area contributed by atoms with Gasteiger partial charge in [0.15, 0.2) is 0 Å². The normalized spacial score (nSPS) is 9.80. The first-order valence-corrected chi connectivity index (χ1v) is 8.54. The summed E-state index contributed by atoms with van der Waals surface area (Å²) in [7, 11) is 1.70. The molecule has 1 amide bonds. The molecule has 0 N–H and O–H groups in total. The summed E-state index contributed by atoms with van der Waals surface area (Å²) in [6.07, 6.45) is 1.90. The van der Waals surface area contributed by atoms with E-state index in [1.807, 2.05) is 6.92 Å². The highest BCUT2D eigenvalue weighted by Gasteiger charge is 2.11. The SMILES string of the molecule is C=C(C)CCN(C)C(=O)c1cccc(F)c1.CCc1cccc(C)c1. The van der Waals surface area contributed by atoms with Gasteiger partial charge in [-0.25, -0.2) is 4.39 Å². The maximum atomic E-state index is 12.9. The molecule has 3 heteroatoms. The van der Waals surface area contributed by atoms with Crippen molar-refractivity contribution in [2.45, 2.75) is 33.6 Å². The summed E-state index contributed by atoms with van der Waals surface area (Å²) in [5.74, 6) is -0.556. The fraction of sp³-hybridized carbons (Fsp3) is 0.318. The van der Waals surface area contributed by atoms with Gasteiger partial charge in [0.05, 0.1) is 0 Å². The van der Waals surface area contributed by atoms with Crippen LogP contribution in [0.1, 0.15) is 41.8 Å². The summed E-state index contributed by atoms with van der Waals surface area (Å²) in [6.45, 7) is 10.6. The Balaban J connectivity index is 0.000000293. The van der Waals surface area contributed by atoms with E-state index in [9.17, 15) is 9.18 Å². The summed E-state index contributed by atoms with van der Waals surface area (Å²) in [5, 5.41) is 0. The maximum absolute atomic E-state index is 12.9. The van der Waals surface area contributed by atoms with E-state index in [2.05, 4.69) is 44.7 Å². The second kappa shape index (κ2) is 10.4. The molecular formula is C22H28FNO. The number of nitrogens with zero attached hydrogens (tertiary/aromatic N) is 1. The number of amides is 1. The fourth-order valence-electron chi connectivity index (χ4n) is 2.23. The zero-order valence-corrected chi connectivity index (χ0v) is 15.7. The molecule has 134 valence electrons. The summed E-state index contributed by atoms with van der Waals surface area (Å²) in [4.78, 5) is 13.4. The van der Waals surface area contributed by atoms with E-state index in [4.69, 9.17) is 0 Å². The van der Waals surface area contributed by atoms with Crippen molar-refractivity contribution in [3.8, 4) is 0 Å². The molecule has 2 nitrogen and oxygen atoms in total. The number of hydrogen-bond donors (Lipinski definition) is 0. The lowest BCUT2D eigenvalue weighted by Gasteiger charge is -2.17. The molecule has 0 atom stereocenters. The highest BCUT2D eigenvalue weighted by Crippen LogP contribution is 2.08. The Morgan fingerprint density at radius 1 is 1.16 bits per heavy atom. The summed E-state index contributed by atoms with van der Waals surface area (Å²) >= 11 is 0. The van der Waals surface area contributed by atoms with Crippen molar-refractivity contribution < 1.29 is 9.18 Å². The number of carbonyl (C=O) groups excluding carboxylic acids is 1. The minimum Gasteiger partial charge on any atom is -0.341 e. The monoisotopic (exact) mass is 341 g/mol. The van der Waals surface area contributed by atoms with E-state index in [1.165, 1.54) is 29.3 Å². The number of hydrogen-bond acceptors (Lipinski definition) is 1. The van der Waals surface area contributed by atoms with Crippen molar-refractivity contribution in [1.29, 1.82) is 0 Å². The van der Waals surface area contributed by atoms with E-state index in [0.29, 0.717) is 12.1 Å². The zero-order valence-electron chi connectivity index (χ0n) is 15.7. The van der Waals surface area contributed by atoms with Crippen LogP contribution in [0, 0.1) is 12.7 Å². The minimum atomic E-state index is -0.390. The second-order valence-corrected chi connectivity index (χ2v) is 6.29. The van der Waals surface area contributed by atoms with Crippen LogP contribution in [0.3, 0.4) is 0 Å². The van der Waals surface area contributed by atoms with Gasteiger partial charge in [0.2, 0.25) is 0 Å². The van der Waals surface area contributed by atoms with Crippen LogP contribution < -0.4 is 0 Å². The quantitative estimate of drug-likeness (QED) is 0.665. The standard InChI is InChI=1S/C13H16FNO.C9H12/c1-10(2)7-8-15(3)13(16)11-5-4-6-12(14)9-11;1-3-9-6-4-5-8(2)7-9/h4-6,9H,1,7-8H2,2-3H3;4-7H,3H2,1-2H3. The molecule has 0 fully saturated rings. The molecule has 0 unspecified atom stereocenters. The van der Waals surface area contributed by atoms with E-state index >= 15 is 0 Å². The molecule has 0 bridgehead atoms. The van der Waals surface area contributed by atoms with Gasteiger partial charge in [0.25, 0.3) is 5.91 Å². The Hall–Kier alpha value is -2.42. The molecule has 0 spiro atoms. The number of benzene rings is 2. The Kier molecular flexibility index (Phi) is 8.62. The molecule has 0 radical (unpaired) electrons. The summed E-state index contributed by atoms with van der Waals surface area (Å²) < 4.78 is 12.9. The van der Waals surface area contributed by atoms with Gasteiger partial charge < -0.3 is 4.90 Å². The van der Waals surface area contributed by atoms with Gasteiger partial charge in [-0.2, -0.15) is 0 Å². The highest BCUT2D eigenvalue weighted by molar-refractivity contribution is 5.94. The van der Waals surface area contributed by atoms with Gasteiger partial charge in [-0.1, -0.05) is 48.4 Å². The predicted octanol–water partition coefficient (Wildman–Crippen LogP) is 5.42. The van der Waals surface area contributed by atoms with Crippen LogP contribution >= 0.6 is 0 Å². The van der Waals surface area contributed by atoms with Gasteiger partial charge in [0, 0.05) is 19.2 Å². The third-order valence-electron chi connectivity index (χ3n) is 3.78. The van der Waals surface area contributed by atoms with Crippen LogP contribution in [0.2, 0.25) is 0 Å². The average Bonchev–Trinajstić information content (AvgIpc) is 2.59. The van der Waals surface area contributed by atoms with E-state index < -0.39 is 0 Å². The predicted molar refractivity (Wildman–Crippen MR) is 103 cm³/mol. The zero-order chi connectivity index (χ0) is 18.8. The van der Waals surface area contributed by atoms with Gasteiger partial charge in [0.1, 0.15) is 5.82 Å². The Bertz CT molecular complexity index is 709. The average molecular weight is 341 g/mol. The molecule has 0 aliphatic heterocycles. The van der Waals surface area contributed by atoms with Crippen LogP contribution in [-0.2, 0) is 6.42 Å². The fourth-order valence-corrected chi connectivity index (χ4v) is 2.23. The van der Waals surface area contributed by atoms with Crippen LogP contribution in [0.25, 0.3) is 0 Å². The highest BCUT2D eigenvalue weighted by atomic mass is 19.1. The topological polar surface area (TPSA) is 20.3 Å². The van der Waals surface area contributed by atoms with Gasteiger partial charge >= 0.3 is 0 Å². The Morgan fingerprint density at radius 2 is 1.84 bits per heavy atom. The third-order valence-corrected chi connectivity index (χ3v) is 3.78. The minimum absolute atomic E-state index is 0.166. The number of aryl methyl sites for hydroxylation is 2. The van der Waals surface area contributed by atoms with Crippen LogP contribution in [0.5, 0.6) is 0 Å². The Labute approximate surface area is 151 Å². The Morgan fingerprint density at radius 3 is 2.36 bits per heavy atom. The first kappa shape index (κ1) is 20.6. The van der Waals surface area contributed by atoms with Crippen LogP contribution in [0.4, 0.5) is 4.39 Å². The first-order chi connectivity index (χ1) is 11.8. The number of rotatable bonds is 5. The van der Waals surface area contributed by atoms with Crippen LogP contribution in [-0.4, -0.2) is 24.4 Å². The third kappa shape index (κ3) is 7.79. The summed E-state index contributed by atoms with van der Waals surface area (Å²) in [5.41, 5.74) is 4.19. The molecule has 0 saturated carbocycles. The lowest BCUT2D eigenvalue weighted by Crippen LogP contribution is -2.27. The molecule has 2 rings (SSSR count). The van der Waals surface area contributed by atoms with Crippen molar-refractivity contribution in [3.63, 3.8) is 0 Å². The van der Waals surface area contributed by atoms with Crippen LogP contribution in [0.15, 0.2) is 60.7 Å². The smallest absolute Gasteiger partial charge is 0.253 e. The molecule has 2 aromatic carbocycles. The number of halogens is 1. The van der Waals surface area contributed by atoms with Gasteiger partial charge in [-0.15, -0.1) is 6.58 Å². The molecule has 0 heterocycles. The van der Waals surface area contributed by atoms with Gasteiger partial charge in [-0.05, 0) is 50.5 Å². The second-order valence-electron chi connectivity index (χ2n) is 6.29. The van der Waals surface area contributed by atoms with Crippen molar-refractivity contribution >= 4 is 5.91 Å². The van der Waals surface area contributed by atoms with E-state index in [1.54, 1.807) is 18.0 Å². The lowest BCUT2D eigenvalue weighted by atomic mass is 10.1. The lowest BCUT2D eigenvalue weighted by molar-refractivity contribution is 0.0796. The van der Waals surface area contributed by atoms with Crippen molar-refractivity contribution in [1.82, 2.24) is 4.90 Å². The molecule has 0 aliphatic rings. The molecule has 0 aromatic heterocycles. The summed E-state index contributed by atoms with van der Waals surface area (Å²) in [6, 6.07) is 14.3. The van der Waals surface area contributed by atoms with Crippen molar-refractivity contribution in [3.05, 3.63) is 83.2 Å². The molecule has 25 heavy (non-hydrogen) atoms.